The first-order valence-corrected chi connectivity index (χ1v) is 6.24. The summed E-state index contributed by atoms with van der Waals surface area (Å²) in [6.07, 6.45) is 0.146. The van der Waals surface area contributed by atoms with E-state index in [1.165, 1.54) is 6.07 Å². The van der Waals surface area contributed by atoms with E-state index in [0.29, 0.717) is 28.2 Å². The van der Waals surface area contributed by atoms with Crippen LogP contribution in [0.3, 0.4) is 0 Å². The molecular weight excluding hydrogens is 270 g/mol. The second-order valence-corrected chi connectivity index (χ2v) is 4.77. The van der Waals surface area contributed by atoms with Crippen molar-refractivity contribution in [3.8, 4) is 0 Å². The first-order valence-electron chi connectivity index (χ1n) is 6.24. The zero-order chi connectivity index (χ0) is 15.6. The predicted molar refractivity (Wildman–Crippen MR) is 79.1 cm³/mol. The van der Waals surface area contributed by atoms with Crippen LogP contribution in [0.2, 0.25) is 0 Å². The summed E-state index contributed by atoms with van der Waals surface area (Å²) in [5, 5.41) is 18.2. The van der Waals surface area contributed by atoms with Gasteiger partial charge in [0.05, 0.1) is 0 Å². The number of nitrogens with one attached hydrogen (secondary N) is 1. The van der Waals surface area contributed by atoms with Gasteiger partial charge in [0.2, 0.25) is 0 Å². The molecule has 0 fully saturated rings. The Kier molecular flexibility index (Phi) is 3.73. The Morgan fingerprint density at radius 2 is 1.86 bits per heavy atom. The fraction of sp³-hybridized carbons (Fsp3) is 0.133. The predicted octanol–water partition coefficient (Wildman–Crippen LogP) is 0.951. The lowest BCUT2D eigenvalue weighted by atomic mass is 9.83. The summed E-state index contributed by atoms with van der Waals surface area (Å²) in [6.45, 7) is 0. The number of hydrogen-bond acceptors (Lipinski definition) is 4. The van der Waals surface area contributed by atoms with Crippen molar-refractivity contribution in [2.75, 3.05) is 0 Å². The summed E-state index contributed by atoms with van der Waals surface area (Å²) in [6, 6.07) is 9.99. The average molecular weight is 285 g/mol. The molecule has 1 atom stereocenters. The van der Waals surface area contributed by atoms with E-state index < -0.39 is 11.5 Å². The van der Waals surface area contributed by atoms with E-state index in [4.69, 9.17) is 16.9 Å². The van der Waals surface area contributed by atoms with Gasteiger partial charge in [-0.3, -0.25) is 5.41 Å². The number of carboxylic acid groups (broad SMARTS) is 1. The molecule has 21 heavy (non-hydrogen) atoms. The van der Waals surface area contributed by atoms with Crippen LogP contribution in [0, 0.1) is 5.41 Å². The van der Waals surface area contributed by atoms with Crippen molar-refractivity contribution in [2.45, 2.75) is 12.0 Å². The molecule has 0 aromatic heterocycles. The zero-order valence-corrected chi connectivity index (χ0v) is 11.2. The Morgan fingerprint density at radius 1 is 1.24 bits per heavy atom. The molecule has 0 aliphatic carbocycles. The third-order valence-electron chi connectivity index (χ3n) is 3.48. The van der Waals surface area contributed by atoms with Crippen LogP contribution in [0.25, 0.3) is 10.8 Å². The summed E-state index contributed by atoms with van der Waals surface area (Å²) in [4.78, 5) is 22.3. The number of carbonyl (C=O) groups is 2. The second kappa shape index (κ2) is 5.34. The number of nitrogen functional groups attached to an aromatic ring is 1. The summed E-state index contributed by atoms with van der Waals surface area (Å²) < 4.78 is 0. The lowest BCUT2D eigenvalue weighted by Crippen LogP contribution is -2.45. The maximum absolute atomic E-state index is 11.5. The summed E-state index contributed by atoms with van der Waals surface area (Å²) in [7, 11) is 0. The highest BCUT2D eigenvalue weighted by atomic mass is 16.4. The zero-order valence-electron chi connectivity index (χ0n) is 11.2. The van der Waals surface area contributed by atoms with Crippen molar-refractivity contribution < 1.29 is 14.7 Å². The van der Waals surface area contributed by atoms with Gasteiger partial charge >= 0.3 is 5.97 Å². The number of nitrogens with two attached hydrogens (primary N) is 2. The van der Waals surface area contributed by atoms with Crippen LogP contribution in [-0.4, -0.2) is 23.2 Å². The Hall–Kier alpha value is -2.73. The van der Waals surface area contributed by atoms with Crippen molar-refractivity contribution in [1.82, 2.24) is 0 Å². The number of benzene rings is 2. The Balaban J connectivity index is 2.82. The molecule has 0 aliphatic rings. The Labute approximate surface area is 120 Å². The third-order valence-corrected chi connectivity index (χ3v) is 3.48. The van der Waals surface area contributed by atoms with Gasteiger partial charge in [0, 0.05) is 12.0 Å². The summed E-state index contributed by atoms with van der Waals surface area (Å²) in [5.74, 6) is -1.40. The Morgan fingerprint density at radius 3 is 2.38 bits per heavy atom. The number of hydrogen-bond donors (Lipinski definition) is 4. The van der Waals surface area contributed by atoms with Crippen molar-refractivity contribution in [2.24, 2.45) is 11.5 Å². The van der Waals surface area contributed by atoms with Crippen molar-refractivity contribution in [3.05, 3.63) is 47.5 Å². The minimum absolute atomic E-state index is 0.119. The van der Waals surface area contributed by atoms with E-state index in [1.807, 2.05) is 0 Å². The van der Waals surface area contributed by atoms with Crippen LogP contribution >= 0.6 is 0 Å². The van der Waals surface area contributed by atoms with Gasteiger partial charge in [0.1, 0.15) is 17.7 Å². The molecule has 0 radical (unpaired) electrons. The van der Waals surface area contributed by atoms with E-state index in [1.54, 1.807) is 30.3 Å². The van der Waals surface area contributed by atoms with Crippen LogP contribution in [0.1, 0.15) is 17.5 Å². The maximum Gasteiger partial charge on any atom is 0.328 e. The topological polar surface area (TPSA) is 130 Å². The minimum Gasteiger partial charge on any atom is -0.480 e. The molecule has 6 N–H and O–H groups in total. The quantitative estimate of drug-likeness (QED) is 0.369. The molecule has 0 heterocycles. The minimum atomic E-state index is -1.81. The molecule has 0 aliphatic heterocycles. The van der Waals surface area contributed by atoms with Gasteiger partial charge in [0.15, 0.2) is 0 Å². The van der Waals surface area contributed by atoms with Gasteiger partial charge in [-0.25, -0.2) is 4.79 Å². The molecule has 108 valence electrons. The van der Waals surface area contributed by atoms with Gasteiger partial charge in [-0.05, 0) is 16.3 Å². The smallest absolute Gasteiger partial charge is 0.328 e. The Bertz CT molecular complexity index is 742. The molecule has 1 unspecified atom stereocenters. The molecule has 0 amide bonds. The van der Waals surface area contributed by atoms with Gasteiger partial charge in [-0.1, -0.05) is 36.4 Å². The second-order valence-electron chi connectivity index (χ2n) is 4.77. The molecule has 0 spiro atoms. The van der Waals surface area contributed by atoms with E-state index in [0.717, 1.165) is 0 Å². The highest BCUT2D eigenvalue weighted by Gasteiger charge is 2.37. The third kappa shape index (κ3) is 2.36. The van der Waals surface area contributed by atoms with Crippen molar-refractivity contribution in [3.63, 3.8) is 0 Å². The van der Waals surface area contributed by atoms with Crippen molar-refractivity contribution in [1.29, 1.82) is 5.41 Å². The van der Waals surface area contributed by atoms with Crippen LogP contribution in [-0.2, 0) is 15.1 Å². The molecule has 6 heteroatoms. The fourth-order valence-electron chi connectivity index (χ4n) is 2.37. The van der Waals surface area contributed by atoms with Gasteiger partial charge in [-0.2, -0.15) is 0 Å². The van der Waals surface area contributed by atoms with E-state index in [9.17, 15) is 14.7 Å². The monoisotopic (exact) mass is 285 g/mol. The molecule has 2 aromatic carbocycles. The number of fused-ring (bicyclic) bond motifs is 1. The molecule has 0 saturated heterocycles. The van der Waals surface area contributed by atoms with Crippen molar-refractivity contribution >= 4 is 28.9 Å². The SMILES string of the molecule is N=C(N)c1ccc(C(N)(CC=O)C(=O)O)c2ccccc12. The van der Waals surface area contributed by atoms with E-state index in [2.05, 4.69) is 0 Å². The van der Waals surface area contributed by atoms with Crippen LogP contribution in [0.5, 0.6) is 0 Å². The van der Waals surface area contributed by atoms with E-state index in [-0.39, 0.29) is 12.3 Å². The first kappa shape index (κ1) is 14.7. The lowest BCUT2D eigenvalue weighted by molar-refractivity contribution is -0.144. The van der Waals surface area contributed by atoms with Gasteiger partial charge < -0.3 is 21.4 Å². The normalized spacial score (nSPS) is 13.6. The molecule has 2 aromatic rings. The highest BCUT2D eigenvalue weighted by Crippen LogP contribution is 2.31. The largest absolute Gasteiger partial charge is 0.480 e. The summed E-state index contributed by atoms with van der Waals surface area (Å²) >= 11 is 0. The number of aliphatic carboxylic acids is 1. The molecule has 0 bridgehead atoms. The molecule has 2 rings (SSSR count). The molecular formula is C15H15N3O3. The average Bonchev–Trinajstić information content (AvgIpc) is 2.45. The molecule has 6 nitrogen and oxygen atoms in total. The maximum atomic E-state index is 11.5. The number of carboxylic acids is 1. The summed E-state index contributed by atoms with van der Waals surface area (Å²) in [5.41, 5.74) is 10.5. The van der Waals surface area contributed by atoms with Gasteiger partial charge in [-0.15, -0.1) is 0 Å². The highest BCUT2D eigenvalue weighted by molar-refractivity contribution is 6.09. The van der Waals surface area contributed by atoms with Crippen LogP contribution in [0.15, 0.2) is 36.4 Å². The fourth-order valence-corrected chi connectivity index (χ4v) is 2.37. The van der Waals surface area contributed by atoms with Crippen LogP contribution < -0.4 is 11.5 Å². The number of rotatable bonds is 5. The number of carbonyl (C=O) groups excluding carboxylic acids is 1. The van der Waals surface area contributed by atoms with Gasteiger partial charge in [0.25, 0.3) is 0 Å². The standard InChI is InChI=1S/C15H15N3O3/c16-13(17)11-5-6-12(10-4-2-1-3-9(10)11)15(18,7-8-19)14(20)21/h1-6,8H,7,18H2,(H3,16,17)(H,20,21). The molecule has 0 saturated carbocycles. The number of aldehydes is 1. The number of amidine groups is 1. The lowest BCUT2D eigenvalue weighted by Gasteiger charge is -2.25. The van der Waals surface area contributed by atoms with E-state index >= 15 is 0 Å². The first-order chi connectivity index (χ1) is 9.91. The van der Waals surface area contributed by atoms with Crippen LogP contribution in [0.4, 0.5) is 0 Å².